The van der Waals surface area contributed by atoms with Gasteiger partial charge in [-0.25, -0.2) is 4.79 Å². The van der Waals surface area contributed by atoms with Crippen molar-refractivity contribution in [3.63, 3.8) is 0 Å². The number of hydrogen-bond donors (Lipinski definition) is 9. The molecule has 0 radical (unpaired) electrons. The molecule has 0 spiro atoms. The highest BCUT2D eigenvalue weighted by molar-refractivity contribution is 5.96. The number of phenols is 2. The van der Waals surface area contributed by atoms with Crippen LogP contribution in [-0.4, -0.2) is 80.3 Å². The van der Waals surface area contributed by atoms with Crippen molar-refractivity contribution >= 4 is 29.6 Å². The highest BCUT2D eigenvalue weighted by atomic mass is 16.4. The Bertz CT molecular complexity index is 1200. The van der Waals surface area contributed by atoms with Crippen LogP contribution in [0.5, 0.6) is 11.5 Å². The summed E-state index contributed by atoms with van der Waals surface area (Å²) >= 11 is 0. The van der Waals surface area contributed by atoms with Gasteiger partial charge in [0.05, 0.1) is 12.5 Å². The molecule has 0 fully saturated rings. The average molecular weight is 560 g/mol. The summed E-state index contributed by atoms with van der Waals surface area (Å²) in [6.07, 6.45) is -2.23. The van der Waals surface area contributed by atoms with Gasteiger partial charge in [0.1, 0.15) is 35.7 Å². The second-order valence-electron chi connectivity index (χ2n) is 9.20. The van der Waals surface area contributed by atoms with Gasteiger partial charge in [0.25, 0.3) is 0 Å². The fourth-order valence-corrected chi connectivity index (χ4v) is 3.59. The number of hydrogen-bond acceptors (Lipinski definition) is 9. The molecule has 11 N–H and O–H groups in total. The summed E-state index contributed by atoms with van der Waals surface area (Å²) in [6, 6.07) is 5.54. The number of aliphatic hydroxyl groups excluding tert-OH is 1. The lowest BCUT2D eigenvalue weighted by Crippen LogP contribution is -2.59. The van der Waals surface area contributed by atoms with Crippen LogP contribution in [0.25, 0.3) is 0 Å². The van der Waals surface area contributed by atoms with Gasteiger partial charge in [0, 0.05) is 12.8 Å². The number of carbonyl (C=O) groups excluding carboxylic acids is 4. The molecule has 0 aliphatic carbocycles. The third kappa shape index (κ3) is 9.89. The molecule has 0 aromatic heterocycles. The van der Waals surface area contributed by atoms with Crippen molar-refractivity contribution in [2.75, 3.05) is 0 Å². The Morgan fingerprint density at radius 2 is 1.12 bits per heavy atom. The van der Waals surface area contributed by atoms with E-state index in [0.29, 0.717) is 11.1 Å². The molecule has 4 amide bonds. The highest BCUT2D eigenvalue weighted by Crippen LogP contribution is 2.13. The quantitative estimate of drug-likeness (QED) is 0.123. The van der Waals surface area contributed by atoms with Crippen molar-refractivity contribution in [2.45, 2.75) is 56.5 Å². The molecular weight excluding hydrogens is 526 g/mol. The molecule has 216 valence electrons. The maximum Gasteiger partial charge on any atom is 0.326 e. The largest absolute Gasteiger partial charge is 0.508 e. The van der Waals surface area contributed by atoms with Gasteiger partial charge < -0.3 is 47.8 Å². The minimum Gasteiger partial charge on any atom is -0.508 e. The first-order valence-corrected chi connectivity index (χ1v) is 12.2. The number of primary amides is 1. The number of amides is 4. The van der Waals surface area contributed by atoms with Gasteiger partial charge in [-0.1, -0.05) is 24.3 Å². The van der Waals surface area contributed by atoms with Gasteiger partial charge in [-0.15, -0.1) is 0 Å². The van der Waals surface area contributed by atoms with Crippen molar-refractivity contribution in [1.29, 1.82) is 0 Å². The van der Waals surface area contributed by atoms with Crippen molar-refractivity contribution in [1.82, 2.24) is 16.0 Å². The van der Waals surface area contributed by atoms with Crippen LogP contribution in [-0.2, 0) is 36.8 Å². The van der Waals surface area contributed by atoms with Gasteiger partial charge in [-0.05, 0) is 42.3 Å². The van der Waals surface area contributed by atoms with Crippen LogP contribution < -0.4 is 27.4 Å². The Kier molecular flexibility index (Phi) is 11.4. The molecule has 40 heavy (non-hydrogen) atoms. The summed E-state index contributed by atoms with van der Waals surface area (Å²) in [4.78, 5) is 62.2. The number of rotatable bonds is 14. The van der Waals surface area contributed by atoms with E-state index in [1.807, 2.05) is 0 Å². The number of nitrogens with one attached hydrogen (secondary N) is 3. The Morgan fingerprint density at radius 1 is 0.725 bits per heavy atom. The number of aliphatic hydroxyl groups is 1. The number of phenolic OH excluding ortho intramolecular Hbond substituents is 2. The smallest absolute Gasteiger partial charge is 0.326 e. The van der Waals surface area contributed by atoms with Crippen LogP contribution in [0.4, 0.5) is 0 Å². The van der Waals surface area contributed by atoms with Crippen LogP contribution in [0.3, 0.4) is 0 Å². The summed E-state index contributed by atoms with van der Waals surface area (Å²) in [6.45, 7) is 1.28. The second kappa shape index (κ2) is 14.5. The van der Waals surface area contributed by atoms with E-state index >= 15 is 0 Å². The molecule has 5 atom stereocenters. The molecule has 2 rings (SSSR count). The van der Waals surface area contributed by atoms with Crippen LogP contribution in [0, 0.1) is 0 Å². The molecule has 0 aliphatic rings. The van der Waals surface area contributed by atoms with Gasteiger partial charge in [0.15, 0.2) is 0 Å². The normalized spacial score (nSPS) is 14.6. The second-order valence-corrected chi connectivity index (χ2v) is 9.20. The number of nitrogens with two attached hydrogens (primary N) is 2. The van der Waals surface area contributed by atoms with E-state index in [4.69, 9.17) is 11.5 Å². The predicted molar refractivity (Wildman–Crippen MR) is 141 cm³/mol. The van der Waals surface area contributed by atoms with E-state index in [1.165, 1.54) is 55.5 Å². The van der Waals surface area contributed by atoms with Gasteiger partial charge in [-0.2, -0.15) is 0 Å². The number of aliphatic carboxylic acids is 1. The van der Waals surface area contributed by atoms with Gasteiger partial charge >= 0.3 is 5.97 Å². The molecule has 2 aromatic carbocycles. The lowest BCUT2D eigenvalue weighted by atomic mass is 10.0. The molecular formula is C26H33N5O9. The number of carbonyl (C=O) groups is 5. The van der Waals surface area contributed by atoms with Crippen molar-refractivity contribution in [3.8, 4) is 11.5 Å². The Hall–Kier alpha value is -4.69. The van der Waals surface area contributed by atoms with Crippen LogP contribution in [0.2, 0.25) is 0 Å². The lowest BCUT2D eigenvalue weighted by molar-refractivity contribution is -0.142. The fourth-order valence-electron chi connectivity index (χ4n) is 3.59. The van der Waals surface area contributed by atoms with E-state index in [2.05, 4.69) is 16.0 Å². The fraction of sp³-hybridized carbons (Fsp3) is 0.346. The number of benzene rings is 2. The SMILES string of the molecule is CC(O)C(N)C(=O)NC(Cc1ccc(O)cc1)C(=O)NC(CC(N)=O)C(=O)NC(Cc1ccc(O)cc1)C(=O)O. The maximum absolute atomic E-state index is 13.2. The van der Waals surface area contributed by atoms with Crippen LogP contribution >= 0.6 is 0 Å². The molecule has 0 saturated carbocycles. The lowest BCUT2D eigenvalue weighted by Gasteiger charge is -2.25. The summed E-state index contributed by atoms with van der Waals surface area (Å²) in [7, 11) is 0. The number of aromatic hydroxyl groups is 2. The van der Waals surface area contributed by atoms with E-state index in [-0.39, 0.29) is 24.3 Å². The van der Waals surface area contributed by atoms with Gasteiger partial charge in [-0.3, -0.25) is 19.2 Å². The zero-order valence-electron chi connectivity index (χ0n) is 21.6. The summed E-state index contributed by atoms with van der Waals surface area (Å²) in [5.74, 6) is -5.25. The minimum absolute atomic E-state index is 0.0350. The standard InChI is InChI=1S/C26H33N5O9/c1-13(32)22(28)25(38)30-18(10-14-2-6-16(33)7-3-14)23(36)29-19(12-21(27)35)24(37)31-20(26(39)40)11-15-4-8-17(34)9-5-15/h2-9,13,18-20,22,32-34H,10-12,28H2,1H3,(H2,27,35)(H,29,36)(H,30,38)(H,31,37)(H,39,40). The molecule has 14 heteroatoms. The van der Waals surface area contributed by atoms with Crippen LogP contribution in [0.15, 0.2) is 48.5 Å². The minimum atomic E-state index is -1.60. The highest BCUT2D eigenvalue weighted by Gasteiger charge is 2.32. The first-order chi connectivity index (χ1) is 18.8. The third-order valence-corrected chi connectivity index (χ3v) is 5.86. The zero-order valence-corrected chi connectivity index (χ0v) is 21.6. The molecule has 2 aromatic rings. The molecule has 0 aliphatic heterocycles. The molecule has 0 saturated heterocycles. The molecule has 5 unspecified atom stereocenters. The maximum atomic E-state index is 13.2. The van der Waals surface area contributed by atoms with E-state index in [9.17, 15) is 44.4 Å². The molecule has 0 heterocycles. The Labute approximate surface area is 229 Å². The average Bonchev–Trinajstić information content (AvgIpc) is 2.88. The van der Waals surface area contributed by atoms with Gasteiger partial charge in [0.2, 0.25) is 23.6 Å². The Morgan fingerprint density at radius 3 is 1.55 bits per heavy atom. The third-order valence-electron chi connectivity index (χ3n) is 5.86. The van der Waals surface area contributed by atoms with E-state index in [1.54, 1.807) is 0 Å². The number of carboxylic acid groups (broad SMARTS) is 1. The van der Waals surface area contributed by atoms with Crippen molar-refractivity contribution in [2.24, 2.45) is 11.5 Å². The van der Waals surface area contributed by atoms with E-state index < -0.39 is 66.3 Å². The summed E-state index contributed by atoms with van der Waals surface area (Å²) in [5, 5.41) is 45.2. The number of carboxylic acids is 1. The van der Waals surface area contributed by atoms with Crippen molar-refractivity contribution in [3.05, 3.63) is 59.7 Å². The molecule has 0 bridgehead atoms. The van der Waals surface area contributed by atoms with Crippen molar-refractivity contribution < 1.29 is 44.4 Å². The first-order valence-electron chi connectivity index (χ1n) is 12.2. The van der Waals surface area contributed by atoms with Crippen LogP contribution in [0.1, 0.15) is 24.5 Å². The molecule has 14 nitrogen and oxygen atoms in total. The topological polar surface area (TPSA) is 254 Å². The summed E-state index contributed by atoms with van der Waals surface area (Å²) in [5.41, 5.74) is 11.9. The summed E-state index contributed by atoms with van der Waals surface area (Å²) < 4.78 is 0. The Balaban J connectivity index is 2.25. The first kappa shape index (κ1) is 31.5. The monoisotopic (exact) mass is 559 g/mol. The predicted octanol–water partition coefficient (Wildman–Crippen LogP) is -1.99. The van der Waals surface area contributed by atoms with E-state index in [0.717, 1.165) is 0 Å². The zero-order chi connectivity index (χ0) is 30.0.